The molecule has 2 atom stereocenters. The second kappa shape index (κ2) is 66.1. The first-order chi connectivity index (χ1) is 39.8. The molecule has 0 aromatic rings. The van der Waals surface area contributed by atoms with Crippen LogP contribution in [0, 0.1) is 0 Å². The molecule has 0 aromatic carbocycles. The summed E-state index contributed by atoms with van der Waals surface area (Å²) >= 11 is 0. The molecule has 2 unspecified atom stereocenters. The lowest BCUT2D eigenvalue weighted by atomic mass is 10.0. The standard InChI is InChI=1S/C71H126NO8P/c1-3-5-7-9-11-13-15-17-19-21-23-25-27-28-29-30-31-32-33-34-35-36-37-38-39-40-42-44-46-48-50-52-54-56-58-60-62-64-71(74)80-69(68-79-81(75,76)78-66-65-72)67-77-70(73)63-61-59-57-55-53-51-49-47-45-43-41-26-24-22-20-18-16-14-12-10-8-6-4-2/h5,7,11,13,17,19,23,25,28-29,31-32,34-35,37-38,69H,3-4,6,8-10,12,14-16,18,20-22,24,26-27,30,33,36,39-68,72H2,1-2H3,(H,75,76)/b7-5-,13-11-,19-17-,25-23-,29-28-,32-31-,35-34-,38-37-. The lowest BCUT2D eigenvalue weighted by molar-refractivity contribution is -0.161. The zero-order valence-electron chi connectivity index (χ0n) is 52.5. The molecule has 0 saturated heterocycles. The van der Waals surface area contributed by atoms with Crippen LogP contribution in [-0.4, -0.2) is 49.3 Å². The van der Waals surface area contributed by atoms with Crippen molar-refractivity contribution in [3.8, 4) is 0 Å². The van der Waals surface area contributed by atoms with Crippen molar-refractivity contribution in [3.05, 3.63) is 97.2 Å². The fourth-order valence-electron chi connectivity index (χ4n) is 9.54. The lowest BCUT2D eigenvalue weighted by Crippen LogP contribution is -2.29. The molecular formula is C71H126NO8P. The summed E-state index contributed by atoms with van der Waals surface area (Å²) < 4.78 is 33.2. The van der Waals surface area contributed by atoms with E-state index in [-0.39, 0.29) is 38.6 Å². The molecule has 10 heteroatoms. The molecule has 0 saturated carbocycles. The Hall–Kier alpha value is -3.07. The highest BCUT2D eigenvalue weighted by Gasteiger charge is 2.26. The maximum Gasteiger partial charge on any atom is 0.472 e. The summed E-state index contributed by atoms with van der Waals surface area (Å²) in [5.41, 5.74) is 5.40. The Bertz CT molecular complexity index is 1650. The average Bonchev–Trinajstić information content (AvgIpc) is 3.46. The van der Waals surface area contributed by atoms with Crippen LogP contribution in [0.2, 0.25) is 0 Å². The number of allylic oxidation sites excluding steroid dienone is 16. The van der Waals surface area contributed by atoms with Crippen LogP contribution >= 0.6 is 7.82 Å². The number of rotatable bonds is 63. The van der Waals surface area contributed by atoms with Gasteiger partial charge in [-0.05, 0) is 77.0 Å². The number of carbonyl (C=O) groups excluding carboxylic acids is 2. The largest absolute Gasteiger partial charge is 0.472 e. The van der Waals surface area contributed by atoms with Crippen molar-refractivity contribution in [1.82, 2.24) is 0 Å². The van der Waals surface area contributed by atoms with Crippen molar-refractivity contribution in [2.24, 2.45) is 5.73 Å². The van der Waals surface area contributed by atoms with E-state index in [1.807, 2.05) is 0 Å². The molecule has 0 aliphatic heterocycles. The van der Waals surface area contributed by atoms with Crippen molar-refractivity contribution in [1.29, 1.82) is 0 Å². The van der Waals surface area contributed by atoms with Crippen molar-refractivity contribution in [3.63, 3.8) is 0 Å². The molecule has 0 spiro atoms. The van der Waals surface area contributed by atoms with Gasteiger partial charge in [-0.3, -0.25) is 18.6 Å². The minimum atomic E-state index is -4.39. The number of ether oxygens (including phenoxy) is 2. The van der Waals surface area contributed by atoms with Gasteiger partial charge in [0.25, 0.3) is 0 Å². The minimum absolute atomic E-state index is 0.0514. The Kier molecular flexibility index (Phi) is 63.6. The topological polar surface area (TPSA) is 134 Å². The maximum absolute atomic E-state index is 12.8. The molecule has 0 aromatic heterocycles. The first kappa shape index (κ1) is 77.9. The number of carbonyl (C=O) groups is 2. The molecule has 0 rings (SSSR count). The normalized spacial score (nSPS) is 13.6. The second-order valence-electron chi connectivity index (χ2n) is 22.3. The van der Waals surface area contributed by atoms with E-state index in [9.17, 15) is 19.0 Å². The molecule has 0 radical (unpaired) electrons. The van der Waals surface area contributed by atoms with Gasteiger partial charge in [0, 0.05) is 19.4 Å². The van der Waals surface area contributed by atoms with Crippen LogP contribution in [-0.2, 0) is 32.7 Å². The van der Waals surface area contributed by atoms with Crippen molar-refractivity contribution in [2.75, 3.05) is 26.4 Å². The van der Waals surface area contributed by atoms with E-state index in [4.69, 9.17) is 24.3 Å². The quantitative estimate of drug-likeness (QED) is 0.0264. The third-order valence-corrected chi connectivity index (χ3v) is 15.5. The van der Waals surface area contributed by atoms with Gasteiger partial charge in [0.2, 0.25) is 0 Å². The van der Waals surface area contributed by atoms with Crippen molar-refractivity contribution < 1.29 is 37.6 Å². The smallest absolute Gasteiger partial charge is 0.462 e. The predicted molar refractivity (Wildman–Crippen MR) is 348 cm³/mol. The Morgan fingerprint density at radius 3 is 1.01 bits per heavy atom. The van der Waals surface area contributed by atoms with E-state index in [2.05, 4.69) is 111 Å². The number of phosphoric acid groups is 1. The van der Waals surface area contributed by atoms with E-state index in [0.29, 0.717) is 6.42 Å². The molecule has 81 heavy (non-hydrogen) atoms. The monoisotopic (exact) mass is 1150 g/mol. The van der Waals surface area contributed by atoms with Gasteiger partial charge >= 0.3 is 19.8 Å². The highest BCUT2D eigenvalue weighted by molar-refractivity contribution is 7.47. The number of hydrogen-bond acceptors (Lipinski definition) is 8. The molecule has 3 N–H and O–H groups in total. The molecule has 468 valence electrons. The van der Waals surface area contributed by atoms with Crippen LogP contribution in [0.1, 0.15) is 309 Å². The summed E-state index contributed by atoms with van der Waals surface area (Å²) in [6.07, 6.45) is 89.2. The third kappa shape index (κ3) is 65.9. The Labute approximate surface area is 499 Å². The molecular weight excluding hydrogens is 1030 g/mol. The summed E-state index contributed by atoms with van der Waals surface area (Å²) in [5.74, 6) is -0.820. The van der Waals surface area contributed by atoms with Gasteiger partial charge in [0.1, 0.15) is 6.61 Å². The second-order valence-corrected chi connectivity index (χ2v) is 23.8. The van der Waals surface area contributed by atoms with Gasteiger partial charge in [0.15, 0.2) is 6.10 Å². The summed E-state index contributed by atoms with van der Waals surface area (Å²) in [4.78, 5) is 35.3. The SMILES string of the molecule is CC/C=C\C/C=C\C/C=C\C/C=C\C/C=C\C/C=C\C/C=C\C/C=C\CCCCCCCCCCCCCCC(=O)OC(COC(=O)CCCCCCCCCCCCCCCCCCCCCCCCC)COP(=O)(O)OCCN. The van der Waals surface area contributed by atoms with Crippen LogP contribution in [0.4, 0.5) is 0 Å². The number of hydrogen-bond donors (Lipinski definition) is 2. The molecule has 0 aliphatic carbocycles. The van der Waals surface area contributed by atoms with Crippen molar-refractivity contribution in [2.45, 2.75) is 315 Å². The Morgan fingerprint density at radius 2 is 0.679 bits per heavy atom. The van der Waals surface area contributed by atoms with Crippen LogP contribution in [0.3, 0.4) is 0 Å². The zero-order chi connectivity index (χ0) is 58.7. The average molecular weight is 1150 g/mol. The molecule has 0 aliphatic rings. The van der Waals surface area contributed by atoms with Crippen LogP contribution in [0.25, 0.3) is 0 Å². The van der Waals surface area contributed by atoms with Gasteiger partial charge in [-0.2, -0.15) is 0 Å². The van der Waals surface area contributed by atoms with Gasteiger partial charge in [-0.25, -0.2) is 4.57 Å². The predicted octanol–water partition coefficient (Wildman–Crippen LogP) is 22.0. The molecule has 0 amide bonds. The summed E-state index contributed by atoms with van der Waals surface area (Å²) in [6, 6.07) is 0. The van der Waals surface area contributed by atoms with Gasteiger partial charge in [0.05, 0.1) is 13.2 Å². The van der Waals surface area contributed by atoms with E-state index in [1.165, 1.54) is 186 Å². The molecule has 0 bridgehead atoms. The zero-order valence-corrected chi connectivity index (χ0v) is 53.4. The third-order valence-electron chi connectivity index (χ3n) is 14.5. The van der Waals surface area contributed by atoms with Gasteiger partial charge < -0.3 is 20.1 Å². The molecule has 0 fully saturated rings. The Morgan fingerprint density at radius 1 is 0.383 bits per heavy atom. The lowest BCUT2D eigenvalue weighted by Gasteiger charge is -2.19. The number of phosphoric ester groups is 1. The van der Waals surface area contributed by atoms with E-state index in [0.717, 1.165) is 89.9 Å². The first-order valence-electron chi connectivity index (χ1n) is 33.7. The molecule has 9 nitrogen and oxygen atoms in total. The van der Waals surface area contributed by atoms with E-state index >= 15 is 0 Å². The van der Waals surface area contributed by atoms with Crippen LogP contribution < -0.4 is 5.73 Å². The Balaban J connectivity index is 3.91. The van der Waals surface area contributed by atoms with Crippen LogP contribution in [0.15, 0.2) is 97.2 Å². The highest BCUT2D eigenvalue weighted by Crippen LogP contribution is 2.43. The minimum Gasteiger partial charge on any atom is -0.462 e. The van der Waals surface area contributed by atoms with E-state index < -0.39 is 26.5 Å². The van der Waals surface area contributed by atoms with Gasteiger partial charge in [-0.15, -0.1) is 0 Å². The summed E-state index contributed by atoms with van der Waals surface area (Å²) in [7, 11) is -4.39. The van der Waals surface area contributed by atoms with Gasteiger partial charge in [-0.1, -0.05) is 317 Å². The number of esters is 2. The first-order valence-corrected chi connectivity index (χ1v) is 35.2. The summed E-state index contributed by atoms with van der Waals surface area (Å²) in [6.45, 7) is 3.67. The number of nitrogens with two attached hydrogens (primary N) is 1. The maximum atomic E-state index is 12.8. The fraction of sp³-hybridized carbons (Fsp3) is 0.746. The number of unbranched alkanes of at least 4 members (excludes halogenated alkanes) is 34. The highest BCUT2D eigenvalue weighted by atomic mass is 31.2. The van der Waals surface area contributed by atoms with Crippen LogP contribution in [0.5, 0.6) is 0 Å². The van der Waals surface area contributed by atoms with Crippen molar-refractivity contribution >= 4 is 19.8 Å². The molecule has 0 heterocycles. The fourth-order valence-corrected chi connectivity index (χ4v) is 10.3. The summed E-state index contributed by atoms with van der Waals surface area (Å²) in [5, 5.41) is 0. The van der Waals surface area contributed by atoms with E-state index in [1.54, 1.807) is 0 Å².